The minimum Gasteiger partial charge on any atom is -0.316 e. The molecule has 1 aliphatic carbocycles. The molecule has 1 fully saturated rings. The lowest BCUT2D eigenvalue weighted by atomic mass is 9.91. The predicted octanol–water partition coefficient (Wildman–Crippen LogP) is 1.17. The van der Waals surface area contributed by atoms with E-state index in [0.717, 1.165) is 11.8 Å². The molecule has 0 radical (unpaired) electrons. The van der Waals surface area contributed by atoms with Crippen LogP contribution in [0.3, 0.4) is 0 Å². The van der Waals surface area contributed by atoms with Crippen LogP contribution < -0.4 is 5.32 Å². The molecule has 0 amide bonds. The molecular weight excluding hydrogens is 110 g/mol. The zero-order valence-corrected chi connectivity index (χ0v) is 5.64. The summed E-state index contributed by atoms with van der Waals surface area (Å²) in [7, 11) is 0. The minimum absolute atomic E-state index is 0.851. The van der Waals surface area contributed by atoms with Gasteiger partial charge in [0.2, 0.25) is 0 Å². The SMILES string of the molecule is C1=CC2CCC1CNC2. The maximum atomic E-state index is 3.45. The van der Waals surface area contributed by atoms with E-state index in [4.69, 9.17) is 0 Å². The first-order valence-corrected chi connectivity index (χ1v) is 3.84. The summed E-state index contributed by atoms with van der Waals surface area (Å²) < 4.78 is 0. The van der Waals surface area contributed by atoms with Crippen LogP contribution in [0.2, 0.25) is 0 Å². The van der Waals surface area contributed by atoms with Crippen molar-refractivity contribution in [3.05, 3.63) is 12.2 Å². The van der Waals surface area contributed by atoms with Crippen LogP contribution in [-0.4, -0.2) is 13.1 Å². The van der Waals surface area contributed by atoms with Gasteiger partial charge in [0.15, 0.2) is 0 Å². The largest absolute Gasteiger partial charge is 0.316 e. The molecule has 2 aliphatic heterocycles. The molecule has 3 aliphatic rings. The molecule has 1 saturated heterocycles. The van der Waals surface area contributed by atoms with Gasteiger partial charge in [-0.15, -0.1) is 0 Å². The molecule has 0 aromatic rings. The summed E-state index contributed by atoms with van der Waals surface area (Å²) in [6.07, 6.45) is 7.59. The van der Waals surface area contributed by atoms with Gasteiger partial charge in [0.1, 0.15) is 0 Å². The third-order valence-corrected chi connectivity index (χ3v) is 2.38. The number of hydrogen-bond acceptors (Lipinski definition) is 1. The molecule has 2 heterocycles. The maximum absolute atomic E-state index is 3.45. The van der Waals surface area contributed by atoms with E-state index in [0.29, 0.717) is 0 Å². The molecular formula is C8H13N. The van der Waals surface area contributed by atoms with Crippen LogP contribution in [0.15, 0.2) is 12.2 Å². The molecule has 3 rings (SSSR count). The minimum atomic E-state index is 0.851. The predicted molar refractivity (Wildman–Crippen MR) is 38.2 cm³/mol. The lowest BCUT2D eigenvalue weighted by Gasteiger charge is -2.14. The van der Waals surface area contributed by atoms with E-state index in [2.05, 4.69) is 17.5 Å². The van der Waals surface area contributed by atoms with Crippen molar-refractivity contribution >= 4 is 0 Å². The number of fused-ring (bicyclic) bond motifs is 3. The smallest absolute Gasteiger partial charge is 0.00144 e. The topological polar surface area (TPSA) is 12.0 Å². The number of rotatable bonds is 0. The molecule has 0 aromatic heterocycles. The first-order chi connectivity index (χ1) is 4.45. The lowest BCUT2D eigenvalue weighted by Crippen LogP contribution is -2.19. The zero-order valence-electron chi connectivity index (χ0n) is 5.64. The Morgan fingerprint density at radius 3 is 2.00 bits per heavy atom. The summed E-state index contributed by atoms with van der Waals surface area (Å²) in [5, 5.41) is 3.45. The van der Waals surface area contributed by atoms with Crippen molar-refractivity contribution in [3.63, 3.8) is 0 Å². The molecule has 2 bridgehead atoms. The van der Waals surface area contributed by atoms with Gasteiger partial charge in [-0.2, -0.15) is 0 Å². The second kappa shape index (κ2) is 2.14. The second-order valence-corrected chi connectivity index (χ2v) is 3.14. The van der Waals surface area contributed by atoms with E-state index in [-0.39, 0.29) is 0 Å². The van der Waals surface area contributed by atoms with E-state index in [1.165, 1.54) is 25.9 Å². The summed E-state index contributed by atoms with van der Waals surface area (Å²) >= 11 is 0. The van der Waals surface area contributed by atoms with Gasteiger partial charge in [0, 0.05) is 13.1 Å². The van der Waals surface area contributed by atoms with Crippen LogP contribution >= 0.6 is 0 Å². The highest BCUT2D eigenvalue weighted by atomic mass is 14.9. The van der Waals surface area contributed by atoms with E-state index < -0.39 is 0 Å². The quantitative estimate of drug-likeness (QED) is 0.477. The molecule has 0 aromatic carbocycles. The van der Waals surface area contributed by atoms with Gasteiger partial charge >= 0.3 is 0 Å². The van der Waals surface area contributed by atoms with Crippen LogP contribution in [0.5, 0.6) is 0 Å². The molecule has 1 nitrogen and oxygen atoms in total. The zero-order chi connectivity index (χ0) is 6.10. The van der Waals surface area contributed by atoms with Crippen molar-refractivity contribution < 1.29 is 0 Å². The van der Waals surface area contributed by atoms with Crippen molar-refractivity contribution in [2.45, 2.75) is 12.8 Å². The maximum Gasteiger partial charge on any atom is 0.00144 e. The van der Waals surface area contributed by atoms with Crippen LogP contribution in [-0.2, 0) is 0 Å². The average Bonchev–Trinajstić information content (AvgIpc) is 2.21. The Hall–Kier alpha value is -0.300. The molecule has 1 N–H and O–H groups in total. The van der Waals surface area contributed by atoms with Crippen molar-refractivity contribution in [2.24, 2.45) is 11.8 Å². The highest BCUT2D eigenvalue weighted by Gasteiger charge is 2.18. The summed E-state index contributed by atoms with van der Waals surface area (Å²) in [6, 6.07) is 0. The van der Waals surface area contributed by atoms with Gasteiger partial charge < -0.3 is 5.32 Å². The van der Waals surface area contributed by atoms with Crippen molar-refractivity contribution in [1.82, 2.24) is 5.32 Å². The van der Waals surface area contributed by atoms with Gasteiger partial charge in [-0.1, -0.05) is 12.2 Å². The summed E-state index contributed by atoms with van der Waals surface area (Å²) in [5.74, 6) is 1.70. The Labute approximate surface area is 56.1 Å². The number of nitrogens with one attached hydrogen (secondary N) is 1. The standard InChI is InChI=1S/C8H13N/c1-2-8-4-3-7(1)5-9-6-8/h1-2,7-9H,3-6H2. The van der Waals surface area contributed by atoms with E-state index in [1.54, 1.807) is 0 Å². The van der Waals surface area contributed by atoms with Gasteiger partial charge in [-0.3, -0.25) is 0 Å². The lowest BCUT2D eigenvalue weighted by molar-refractivity contribution is 0.525. The van der Waals surface area contributed by atoms with Crippen molar-refractivity contribution in [3.8, 4) is 0 Å². The number of hydrogen-bond donors (Lipinski definition) is 1. The Bertz CT molecular complexity index is 111. The van der Waals surface area contributed by atoms with Gasteiger partial charge in [0.25, 0.3) is 0 Å². The fourth-order valence-electron chi connectivity index (χ4n) is 1.73. The van der Waals surface area contributed by atoms with E-state index in [9.17, 15) is 0 Å². The van der Waals surface area contributed by atoms with Gasteiger partial charge in [0.05, 0.1) is 0 Å². The fourth-order valence-corrected chi connectivity index (χ4v) is 1.73. The van der Waals surface area contributed by atoms with Crippen LogP contribution in [0.1, 0.15) is 12.8 Å². The van der Waals surface area contributed by atoms with E-state index in [1.807, 2.05) is 0 Å². The van der Waals surface area contributed by atoms with Gasteiger partial charge in [-0.25, -0.2) is 0 Å². The highest BCUT2D eigenvalue weighted by molar-refractivity contribution is 5.01. The van der Waals surface area contributed by atoms with Crippen molar-refractivity contribution in [2.75, 3.05) is 13.1 Å². The van der Waals surface area contributed by atoms with Crippen LogP contribution in [0, 0.1) is 11.8 Å². The third-order valence-electron chi connectivity index (χ3n) is 2.38. The highest BCUT2D eigenvalue weighted by Crippen LogP contribution is 2.23. The Morgan fingerprint density at radius 1 is 1.00 bits per heavy atom. The molecule has 1 heteroatoms. The van der Waals surface area contributed by atoms with E-state index >= 15 is 0 Å². The van der Waals surface area contributed by atoms with Gasteiger partial charge in [-0.05, 0) is 24.7 Å². The average molecular weight is 123 g/mol. The normalized spacial score (nSPS) is 40.9. The molecule has 0 saturated carbocycles. The van der Waals surface area contributed by atoms with Crippen LogP contribution in [0.4, 0.5) is 0 Å². The Kier molecular flexibility index (Phi) is 1.31. The molecule has 9 heavy (non-hydrogen) atoms. The summed E-state index contributed by atoms with van der Waals surface area (Å²) in [6.45, 7) is 2.43. The van der Waals surface area contributed by atoms with Crippen LogP contribution in [0.25, 0.3) is 0 Å². The Balaban J connectivity index is 2.15. The third kappa shape index (κ3) is 1.01. The molecule has 2 atom stereocenters. The van der Waals surface area contributed by atoms with Crippen molar-refractivity contribution in [1.29, 1.82) is 0 Å². The first-order valence-electron chi connectivity index (χ1n) is 3.84. The molecule has 50 valence electrons. The monoisotopic (exact) mass is 123 g/mol. The Morgan fingerprint density at radius 2 is 1.56 bits per heavy atom. The molecule has 2 unspecified atom stereocenters. The molecule has 0 spiro atoms. The first kappa shape index (κ1) is 5.48. The second-order valence-electron chi connectivity index (χ2n) is 3.14. The summed E-state index contributed by atoms with van der Waals surface area (Å²) in [5.41, 5.74) is 0. The fraction of sp³-hybridized carbons (Fsp3) is 0.750. The summed E-state index contributed by atoms with van der Waals surface area (Å²) in [4.78, 5) is 0.